The van der Waals surface area contributed by atoms with Crippen molar-refractivity contribution < 1.29 is 0 Å². The third-order valence-electron chi connectivity index (χ3n) is 4.65. The van der Waals surface area contributed by atoms with E-state index in [1.165, 1.54) is 65.2 Å². The van der Waals surface area contributed by atoms with Crippen molar-refractivity contribution in [3.05, 3.63) is 0 Å². The van der Waals surface area contributed by atoms with Gasteiger partial charge in [0.15, 0.2) is 0 Å². The Morgan fingerprint density at radius 1 is 1.00 bits per heavy atom. The molecule has 2 fully saturated rings. The summed E-state index contributed by atoms with van der Waals surface area (Å²) in [5.41, 5.74) is 0. The van der Waals surface area contributed by atoms with Crippen LogP contribution in [0.3, 0.4) is 0 Å². The largest absolute Gasteiger partial charge is 0.302 e. The van der Waals surface area contributed by atoms with Crippen LogP contribution in [-0.2, 0) is 0 Å². The first-order valence-corrected chi connectivity index (χ1v) is 9.19. The Morgan fingerprint density at radius 2 is 1.68 bits per heavy atom. The minimum absolute atomic E-state index is 0.718. The molecule has 0 aliphatic carbocycles. The Hall–Kier alpha value is 0.230. The van der Waals surface area contributed by atoms with Gasteiger partial charge in [-0.3, -0.25) is 4.90 Å². The van der Waals surface area contributed by atoms with Gasteiger partial charge in [0.1, 0.15) is 0 Å². The first-order chi connectivity index (χ1) is 9.19. The van der Waals surface area contributed by atoms with Gasteiger partial charge in [0.05, 0.1) is 0 Å². The first-order valence-electron chi connectivity index (χ1n) is 7.90. The van der Waals surface area contributed by atoms with Crippen molar-refractivity contribution in [2.45, 2.75) is 38.0 Å². The molecule has 2 rings (SSSR count). The topological polar surface area (TPSA) is 9.72 Å². The quantitative estimate of drug-likeness (QED) is 0.736. The van der Waals surface area contributed by atoms with Crippen LogP contribution in [0.5, 0.6) is 0 Å². The second-order valence-corrected chi connectivity index (χ2v) is 7.41. The van der Waals surface area contributed by atoms with E-state index in [-0.39, 0.29) is 0 Å². The number of likely N-dealkylation sites (tertiary alicyclic amines) is 1. The van der Waals surface area contributed by atoms with Crippen molar-refractivity contribution in [1.82, 2.24) is 14.7 Å². The average molecular weight is 286 g/mol. The van der Waals surface area contributed by atoms with Gasteiger partial charge in [-0.2, -0.15) is 11.8 Å². The molecule has 0 bridgehead atoms. The lowest BCUT2D eigenvalue weighted by Gasteiger charge is -2.37. The lowest BCUT2D eigenvalue weighted by Crippen LogP contribution is -2.49. The zero-order valence-corrected chi connectivity index (χ0v) is 13.8. The SMILES string of the molecule is CS[C@H]1CCN(CCCN2CCN(C(C)C)CC2)C1. The van der Waals surface area contributed by atoms with Gasteiger partial charge in [-0.15, -0.1) is 0 Å². The molecule has 112 valence electrons. The van der Waals surface area contributed by atoms with Crippen molar-refractivity contribution >= 4 is 11.8 Å². The molecule has 1 atom stereocenters. The maximum Gasteiger partial charge on any atom is 0.0184 e. The van der Waals surface area contributed by atoms with Gasteiger partial charge in [0.25, 0.3) is 0 Å². The Morgan fingerprint density at radius 3 is 2.26 bits per heavy atom. The van der Waals surface area contributed by atoms with Crippen molar-refractivity contribution in [2.75, 3.05) is 58.6 Å². The average Bonchev–Trinajstić information content (AvgIpc) is 2.87. The van der Waals surface area contributed by atoms with Gasteiger partial charge in [-0.1, -0.05) is 0 Å². The second-order valence-electron chi connectivity index (χ2n) is 6.27. The predicted molar refractivity (Wildman–Crippen MR) is 86.1 cm³/mol. The zero-order chi connectivity index (χ0) is 13.7. The van der Waals surface area contributed by atoms with E-state index < -0.39 is 0 Å². The lowest BCUT2D eigenvalue weighted by atomic mass is 10.2. The smallest absolute Gasteiger partial charge is 0.0184 e. The zero-order valence-electron chi connectivity index (χ0n) is 13.0. The molecule has 0 saturated carbocycles. The summed E-state index contributed by atoms with van der Waals surface area (Å²) in [5.74, 6) is 0. The molecule has 2 heterocycles. The van der Waals surface area contributed by atoms with Gasteiger partial charge in [-0.25, -0.2) is 0 Å². The third-order valence-corrected chi connectivity index (χ3v) is 5.70. The molecule has 2 aliphatic rings. The van der Waals surface area contributed by atoms with E-state index in [0.29, 0.717) is 0 Å². The summed E-state index contributed by atoms with van der Waals surface area (Å²) in [6, 6.07) is 0.718. The highest BCUT2D eigenvalue weighted by Gasteiger charge is 2.22. The molecule has 2 aliphatic heterocycles. The molecule has 0 aromatic heterocycles. The summed E-state index contributed by atoms with van der Waals surface area (Å²) >= 11 is 2.04. The summed E-state index contributed by atoms with van der Waals surface area (Å²) in [6.07, 6.45) is 5.00. The monoisotopic (exact) mass is 285 g/mol. The molecule has 0 aromatic carbocycles. The van der Waals surface area contributed by atoms with Crippen LogP contribution in [0.25, 0.3) is 0 Å². The Balaban J connectivity index is 1.55. The fourth-order valence-electron chi connectivity index (χ4n) is 3.21. The van der Waals surface area contributed by atoms with Crippen LogP contribution in [0, 0.1) is 0 Å². The highest BCUT2D eigenvalue weighted by Crippen LogP contribution is 2.20. The Labute approximate surface area is 123 Å². The van der Waals surface area contributed by atoms with Gasteiger partial charge >= 0.3 is 0 Å². The minimum atomic E-state index is 0.718. The number of hydrogen-bond donors (Lipinski definition) is 0. The Bertz CT molecular complexity index is 252. The Kier molecular flexibility index (Phi) is 6.46. The van der Waals surface area contributed by atoms with Crippen LogP contribution in [0.2, 0.25) is 0 Å². The molecule has 4 heteroatoms. The van der Waals surface area contributed by atoms with Gasteiger partial charge in [0.2, 0.25) is 0 Å². The molecular weight excluding hydrogens is 254 g/mol. The van der Waals surface area contributed by atoms with Crippen molar-refractivity contribution in [2.24, 2.45) is 0 Å². The van der Waals surface area contributed by atoms with Crippen LogP contribution in [0.1, 0.15) is 26.7 Å². The summed E-state index contributed by atoms with van der Waals surface area (Å²) in [7, 11) is 0. The summed E-state index contributed by atoms with van der Waals surface area (Å²) in [5, 5.41) is 0.898. The summed E-state index contributed by atoms with van der Waals surface area (Å²) in [6.45, 7) is 14.9. The molecule has 0 N–H and O–H groups in total. The fourth-order valence-corrected chi connectivity index (χ4v) is 3.91. The van der Waals surface area contributed by atoms with E-state index in [2.05, 4.69) is 34.8 Å². The van der Waals surface area contributed by atoms with Crippen LogP contribution in [-0.4, -0.2) is 84.6 Å². The fraction of sp³-hybridized carbons (Fsp3) is 1.00. The van der Waals surface area contributed by atoms with E-state index in [1.54, 1.807) is 0 Å². The second kappa shape index (κ2) is 7.87. The molecule has 0 aromatic rings. The van der Waals surface area contributed by atoms with E-state index in [9.17, 15) is 0 Å². The highest BCUT2D eigenvalue weighted by molar-refractivity contribution is 7.99. The number of hydrogen-bond acceptors (Lipinski definition) is 4. The molecule has 0 unspecified atom stereocenters. The van der Waals surface area contributed by atoms with Crippen molar-refractivity contribution in [1.29, 1.82) is 0 Å². The third kappa shape index (κ3) is 4.92. The normalized spacial score (nSPS) is 27.5. The van der Waals surface area contributed by atoms with Gasteiger partial charge in [-0.05, 0) is 52.6 Å². The van der Waals surface area contributed by atoms with Gasteiger partial charge in [0, 0.05) is 44.0 Å². The van der Waals surface area contributed by atoms with E-state index >= 15 is 0 Å². The molecule has 0 radical (unpaired) electrons. The minimum Gasteiger partial charge on any atom is -0.302 e. The molecule has 19 heavy (non-hydrogen) atoms. The summed E-state index contributed by atoms with van der Waals surface area (Å²) < 4.78 is 0. The van der Waals surface area contributed by atoms with Gasteiger partial charge < -0.3 is 9.80 Å². The number of thioether (sulfide) groups is 1. The highest BCUT2D eigenvalue weighted by atomic mass is 32.2. The van der Waals surface area contributed by atoms with E-state index in [4.69, 9.17) is 0 Å². The molecular formula is C15H31N3S. The maximum atomic E-state index is 2.66. The van der Waals surface area contributed by atoms with Crippen LogP contribution >= 0.6 is 11.8 Å². The van der Waals surface area contributed by atoms with Crippen molar-refractivity contribution in [3.63, 3.8) is 0 Å². The first kappa shape index (κ1) is 15.6. The standard InChI is InChI=1S/C15H31N3S/c1-14(2)18-11-9-16(10-12-18)6-4-7-17-8-5-15(13-17)19-3/h14-15H,4-13H2,1-3H3/t15-/m0/s1. The number of rotatable bonds is 6. The van der Waals surface area contributed by atoms with Crippen LogP contribution in [0.4, 0.5) is 0 Å². The summed E-state index contributed by atoms with van der Waals surface area (Å²) in [4.78, 5) is 7.91. The van der Waals surface area contributed by atoms with E-state index in [1.807, 2.05) is 11.8 Å². The molecule has 2 saturated heterocycles. The van der Waals surface area contributed by atoms with Crippen molar-refractivity contribution in [3.8, 4) is 0 Å². The molecule has 0 amide bonds. The predicted octanol–water partition coefficient (Wildman–Crippen LogP) is 1.84. The van der Waals surface area contributed by atoms with E-state index in [0.717, 1.165) is 11.3 Å². The molecule has 3 nitrogen and oxygen atoms in total. The molecule has 0 spiro atoms. The maximum absolute atomic E-state index is 2.66. The lowest BCUT2D eigenvalue weighted by molar-refractivity contribution is 0.105. The van der Waals surface area contributed by atoms with Crippen LogP contribution < -0.4 is 0 Å². The number of nitrogens with zero attached hydrogens (tertiary/aromatic N) is 3. The number of piperazine rings is 1. The van der Waals surface area contributed by atoms with Crippen LogP contribution in [0.15, 0.2) is 0 Å².